The van der Waals surface area contributed by atoms with Crippen molar-refractivity contribution in [2.75, 3.05) is 0 Å². The number of fused-ring (bicyclic) bond motifs is 1. The second kappa shape index (κ2) is 4.78. The summed E-state index contributed by atoms with van der Waals surface area (Å²) in [5.41, 5.74) is 5.36. The van der Waals surface area contributed by atoms with Gasteiger partial charge in [-0.15, -0.1) is 0 Å². The molecule has 0 bridgehead atoms. The third-order valence-electron chi connectivity index (χ3n) is 4.07. The zero-order chi connectivity index (χ0) is 14.3. The fraction of sp³-hybridized carbons (Fsp3) is 0.278. The average molecular weight is 266 g/mol. The van der Waals surface area contributed by atoms with Crippen LogP contribution in [0.25, 0.3) is 0 Å². The SMILES string of the molecule is Cc1ccc2c(c1)C(=O)CC(c1cccc(C)c1C)O2. The topological polar surface area (TPSA) is 26.3 Å². The van der Waals surface area contributed by atoms with Crippen molar-refractivity contribution in [2.24, 2.45) is 0 Å². The van der Waals surface area contributed by atoms with Gasteiger partial charge in [0.05, 0.1) is 12.0 Å². The molecule has 0 saturated heterocycles. The van der Waals surface area contributed by atoms with E-state index in [9.17, 15) is 4.79 Å². The van der Waals surface area contributed by atoms with E-state index in [1.54, 1.807) is 0 Å². The molecule has 3 rings (SSSR count). The second-order valence-electron chi connectivity index (χ2n) is 5.52. The predicted molar refractivity (Wildman–Crippen MR) is 79.4 cm³/mol. The molecule has 2 aromatic rings. The summed E-state index contributed by atoms with van der Waals surface area (Å²) in [5, 5.41) is 0. The van der Waals surface area contributed by atoms with Gasteiger partial charge in [-0.3, -0.25) is 4.79 Å². The highest BCUT2D eigenvalue weighted by Gasteiger charge is 2.28. The van der Waals surface area contributed by atoms with Gasteiger partial charge < -0.3 is 4.74 Å². The van der Waals surface area contributed by atoms with Crippen molar-refractivity contribution >= 4 is 5.78 Å². The van der Waals surface area contributed by atoms with E-state index in [1.165, 1.54) is 11.1 Å². The lowest BCUT2D eigenvalue weighted by Crippen LogP contribution is -2.21. The van der Waals surface area contributed by atoms with Crippen LogP contribution < -0.4 is 4.74 Å². The molecule has 0 saturated carbocycles. The summed E-state index contributed by atoms with van der Waals surface area (Å²) in [5.74, 6) is 0.874. The number of hydrogen-bond acceptors (Lipinski definition) is 2. The number of benzene rings is 2. The fourth-order valence-electron chi connectivity index (χ4n) is 2.73. The number of carbonyl (C=O) groups is 1. The van der Waals surface area contributed by atoms with E-state index in [2.05, 4.69) is 26.0 Å². The molecule has 0 aromatic heterocycles. The van der Waals surface area contributed by atoms with Crippen LogP contribution in [0.4, 0.5) is 0 Å². The molecule has 102 valence electrons. The number of carbonyl (C=O) groups excluding carboxylic acids is 1. The maximum Gasteiger partial charge on any atom is 0.170 e. The number of rotatable bonds is 1. The van der Waals surface area contributed by atoms with E-state index in [-0.39, 0.29) is 11.9 Å². The number of ketones is 1. The summed E-state index contributed by atoms with van der Waals surface area (Å²) in [6.45, 7) is 6.16. The van der Waals surface area contributed by atoms with E-state index < -0.39 is 0 Å². The maximum absolute atomic E-state index is 12.3. The first-order chi connectivity index (χ1) is 9.56. The minimum atomic E-state index is -0.169. The molecule has 0 amide bonds. The summed E-state index contributed by atoms with van der Waals surface area (Å²) in [6.07, 6.45) is 0.249. The van der Waals surface area contributed by atoms with Gasteiger partial charge in [-0.2, -0.15) is 0 Å². The largest absolute Gasteiger partial charge is 0.484 e. The van der Waals surface area contributed by atoms with Crippen LogP contribution in [0, 0.1) is 20.8 Å². The van der Waals surface area contributed by atoms with Gasteiger partial charge in [0, 0.05) is 0 Å². The average Bonchev–Trinajstić information content (AvgIpc) is 2.42. The molecule has 0 N–H and O–H groups in total. The Kier molecular flexibility index (Phi) is 3.09. The normalized spacial score (nSPS) is 17.6. The van der Waals surface area contributed by atoms with Gasteiger partial charge in [0.25, 0.3) is 0 Å². The summed E-state index contributed by atoms with van der Waals surface area (Å²) >= 11 is 0. The second-order valence-corrected chi connectivity index (χ2v) is 5.52. The van der Waals surface area contributed by atoms with Crippen LogP contribution in [0.15, 0.2) is 36.4 Å². The van der Waals surface area contributed by atoms with Crippen LogP contribution in [0.5, 0.6) is 5.75 Å². The fourth-order valence-corrected chi connectivity index (χ4v) is 2.73. The molecule has 2 nitrogen and oxygen atoms in total. The summed E-state index contributed by atoms with van der Waals surface area (Å²) in [7, 11) is 0. The summed E-state index contributed by atoms with van der Waals surface area (Å²) in [4.78, 5) is 12.3. The smallest absolute Gasteiger partial charge is 0.170 e. The first kappa shape index (κ1) is 12.9. The molecule has 0 radical (unpaired) electrons. The van der Waals surface area contributed by atoms with Crippen molar-refractivity contribution in [3.63, 3.8) is 0 Å². The Morgan fingerprint density at radius 2 is 1.90 bits per heavy atom. The highest BCUT2D eigenvalue weighted by molar-refractivity contribution is 6.00. The van der Waals surface area contributed by atoms with Crippen LogP contribution in [-0.2, 0) is 0 Å². The van der Waals surface area contributed by atoms with Gasteiger partial charge >= 0.3 is 0 Å². The molecule has 2 heteroatoms. The monoisotopic (exact) mass is 266 g/mol. The van der Waals surface area contributed by atoms with Gasteiger partial charge in [-0.05, 0) is 49.6 Å². The zero-order valence-electron chi connectivity index (χ0n) is 12.1. The van der Waals surface area contributed by atoms with E-state index in [0.29, 0.717) is 17.7 Å². The van der Waals surface area contributed by atoms with E-state index in [1.807, 2.05) is 31.2 Å². The Morgan fingerprint density at radius 3 is 2.70 bits per heavy atom. The Labute approximate surface area is 119 Å². The highest BCUT2D eigenvalue weighted by atomic mass is 16.5. The molecule has 0 aliphatic carbocycles. The van der Waals surface area contributed by atoms with Gasteiger partial charge in [0.15, 0.2) is 5.78 Å². The van der Waals surface area contributed by atoms with E-state index >= 15 is 0 Å². The lowest BCUT2D eigenvalue weighted by Gasteiger charge is -2.27. The van der Waals surface area contributed by atoms with Crippen LogP contribution in [0.1, 0.15) is 45.1 Å². The van der Waals surface area contributed by atoms with Crippen molar-refractivity contribution in [2.45, 2.75) is 33.3 Å². The van der Waals surface area contributed by atoms with Crippen LogP contribution >= 0.6 is 0 Å². The summed E-state index contributed by atoms with van der Waals surface area (Å²) < 4.78 is 6.06. The quantitative estimate of drug-likeness (QED) is 0.768. The van der Waals surface area contributed by atoms with Crippen LogP contribution in [0.2, 0.25) is 0 Å². The minimum Gasteiger partial charge on any atom is -0.484 e. The van der Waals surface area contributed by atoms with Gasteiger partial charge in [0.2, 0.25) is 0 Å². The Hall–Kier alpha value is -2.09. The minimum absolute atomic E-state index is 0.167. The van der Waals surface area contributed by atoms with E-state index in [0.717, 1.165) is 11.1 Å². The third kappa shape index (κ3) is 2.11. The number of Topliss-reactive ketones (excluding diaryl/α,β-unsaturated/α-hetero) is 1. The standard InChI is InChI=1S/C18H18O2/c1-11-7-8-17-15(9-11)16(19)10-18(20-17)14-6-4-5-12(2)13(14)3/h4-9,18H,10H2,1-3H3. The number of aryl methyl sites for hydroxylation is 2. The lowest BCUT2D eigenvalue weighted by molar-refractivity contribution is 0.0849. The molecule has 2 aromatic carbocycles. The molecule has 0 spiro atoms. The van der Waals surface area contributed by atoms with Crippen LogP contribution in [0.3, 0.4) is 0 Å². The zero-order valence-corrected chi connectivity index (χ0v) is 12.1. The molecule has 0 fully saturated rings. The maximum atomic E-state index is 12.3. The molecule has 1 aliphatic rings. The first-order valence-corrected chi connectivity index (χ1v) is 6.93. The Balaban J connectivity index is 2.01. The third-order valence-corrected chi connectivity index (χ3v) is 4.07. The lowest BCUT2D eigenvalue weighted by atomic mass is 9.92. The van der Waals surface area contributed by atoms with Gasteiger partial charge in [0.1, 0.15) is 11.9 Å². The molecule has 1 heterocycles. The number of hydrogen-bond donors (Lipinski definition) is 0. The molecule has 1 unspecified atom stereocenters. The molecular weight excluding hydrogens is 248 g/mol. The molecule has 20 heavy (non-hydrogen) atoms. The highest BCUT2D eigenvalue weighted by Crippen LogP contribution is 2.36. The predicted octanol–water partition coefficient (Wildman–Crippen LogP) is 4.32. The van der Waals surface area contributed by atoms with Gasteiger partial charge in [-0.25, -0.2) is 0 Å². The van der Waals surface area contributed by atoms with Crippen molar-refractivity contribution in [1.82, 2.24) is 0 Å². The Bertz CT molecular complexity index is 686. The van der Waals surface area contributed by atoms with Gasteiger partial charge in [-0.1, -0.05) is 29.8 Å². The van der Waals surface area contributed by atoms with E-state index in [4.69, 9.17) is 4.74 Å². The number of ether oxygens (including phenoxy) is 1. The molecule has 1 aliphatic heterocycles. The molecular formula is C18H18O2. The Morgan fingerprint density at radius 1 is 1.10 bits per heavy atom. The van der Waals surface area contributed by atoms with Crippen molar-refractivity contribution in [3.05, 3.63) is 64.2 Å². The molecule has 1 atom stereocenters. The van der Waals surface area contributed by atoms with Crippen LogP contribution in [-0.4, -0.2) is 5.78 Å². The first-order valence-electron chi connectivity index (χ1n) is 6.93. The van der Waals surface area contributed by atoms with Crippen molar-refractivity contribution in [3.8, 4) is 5.75 Å². The van der Waals surface area contributed by atoms with Crippen molar-refractivity contribution in [1.29, 1.82) is 0 Å². The van der Waals surface area contributed by atoms with Crippen molar-refractivity contribution < 1.29 is 9.53 Å². The summed E-state index contributed by atoms with van der Waals surface area (Å²) in [6, 6.07) is 12.0.